The molecule has 0 fully saturated rings. The van der Waals surface area contributed by atoms with Crippen molar-refractivity contribution in [2.75, 3.05) is 116 Å². The molecule has 0 saturated carbocycles. The molecule has 0 heterocycles. The van der Waals surface area contributed by atoms with Crippen LogP contribution in [-0.2, 0) is 36.5 Å². The highest BCUT2D eigenvalue weighted by molar-refractivity contribution is 7.50. The normalized spacial score (nSPS) is 14.8. The highest BCUT2D eigenvalue weighted by atomic mass is 31.2. The Morgan fingerprint density at radius 1 is 0.196 bits per heavy atom. The van der Waals surface area contributed by atoms with Gasteiger partial charge in [0.1, 0.15) is 0 Å². The van der Waals surface area contributed by atoms with E-state index in [2.05, 4.69) is 0 Å². The Bertz CT molecular complexity index is 1430. The largest absolute Gasteiger partial charge is 0.810 e. The summed E-state index contributed by atoms with van der Waals surface area (Å²) in [4.78, 5) is 185. The van der Waals surface area contributed by atoms with E-state index in [-0.39, 0.29) is 0 Å². The van der Waals surface area contributed by atoms with Crippen molar-refractivity contribution in [3.05, 3.63) is 0 Å². The highest BCUT2D eigenvalue weighted by Crippen LogP contribution is 2.33. The SMILES string of the molecule is O=P([O-])([O-])CN(CCN(CCN(CCN(CP(=O)([O-])[O-])CP(=O)([O-])[O-])CP(=O)([O-])[O-])CP(=O)([O-])[O-])CCN(CCN(CP(=O)([O-])[O-])CP(=O)([O-])[O-])CP(=O)([O-])[O-]. The summed E-state index contributed by atoms with van der Waals surface area (Å²) in [5.41, 5.74) is 0. The predicted molar refractivity (Wildman–Crippen MR) is 159 cm³/mol. The van der Waals surface area contributed by atoms with E-state index in [0.717, 1.165) is 9.80 Å². The molecule has 0 aromatic carbocycles. The maximum atomic E-state index is 11.6. The second-order valence-electron chi connectivity index (χ2n) is 12.3. The summed E-state index contributed by atoms with van der Waals surface area (Å²) in [7, 11) is -44.1. The predicted octanol–water partition coefficient (Wildman–Crippen LogP) is -14.2. The number of nitrogens with zero attached hydrogens (tertiary/aromatic N) is 6. The maximum absolute atomic E-state index is 11.6. The van der Waals surface area contributed by atoms with E-state index in [0.29, 0.717) is 19.6 Å². The fourth-order valence-corrected chi connectivity index (χ4v) is 11.1. The van der Waals surface area contributed by atoms with E-state index in [1.165, 1.54) is 0 Å². The summed E-state index contributed by atoms with van der Waals surface area (Å²) < 4.78 is 91.0. The van der Waals surface area contributed by atoms with Crippen LogP contribution in [0.15, 0.2) is 0 Å². The zero-order valence-electron chi connectivity index (χ0n) is 28.8. The highest BCUT2D eigenvalue weighted by Gasteiger charge is 2.19. The molecule has 0 amide bonds. The van der Waals surface area contributed by atoms with Gasteiger partial charge in [0, 0.05) is 116 Å². The Balaban J connectivity index is 6.17. The van der Waals surface area contributed by atoms with Crippen LogP contribution in [0.3, 0.4) is 0 Å². The lowest BCUT2D eigenvalue weighted by molar-refractivity contribution is -0.321. The summed E-state index contributed by atoms with van der Waals surface area (Å²) in [5.74, 6) is 0. The summed E-state index contributed by atoms with van der Waals surface area (Å²) in [5, 5.41) is 0. The molecule has 0 atom stereocenters. The number of hydrogen-bond donors (Lipinski definition) is 0. The molecule has 0 N–H and O–H groups in total. The van der Waals surface area contributed by atoms with E-state index >= 15 is 0 Å². The molecule has 0 bridgehead atoms. The first-order valence-electron chi connectivity index (χ1n) is 15.1. The maximum Gasteiger partial charge on any atom is 0.0264 e. The minimum absolute atomic E-state index is 0.302. The molecule has 338 valence electrons. The first-order chi connectivity index (χ1) is 24.7. The Morgan fingerprint density at radius 3 is 0.393 bits per heavy atom. The van der Waals surface area contributed by atoms with Crippen molar-refractivity contribution in [2.45, 2.75) is 0 Å². The van der Waals surface area contributed by atoms with Crippen LogP contribution in [-0.4, -0.2) is 145 Å². The molecule has 0 aliphatic carbocycles. The molecule has 56 heavy (non-hydrogen) atoms. The van der Waals surface area contributed by atoms with Crippen molar-refractivity contribution in [3.63, 3.8) is 0 Å². The van der Waals surface area contributed by atoms with E-state index in [9.17, 15) is 115 Å². The van der Waals surface area contributed by atoms with Crippen molar-refractivity contribution in [3.8, 4) is 0 Å². The van der Waals surface area contributed by atoms with Gasteiger partial charge < -0.3 is 115 Å². The zero-order chi connectivity index (χ0) is 44.2. The van der Waals surface area contributed by atoms with Crippen molar-refractivity contribution >= 4 is 60.8 Å². The van der Waals surface area contributed by atoms with Crippen molar-refractivity contribution < 1.29 is 115 Å². The van der Waals surface area contributed by atoms with Crippen molar-refractivity contribution in [1.82, 2.24) is 29.4 Å². The lowest BCUT2D eigenvalue weighted by Gasteiger charge is -2.43. The summed E-state index contributed by atoms with van der Waals surface area (Å²) in [6, 6.07) is 0. The number of hydrogen-bond acceptors (Lipinski definition) is 30. The first-order valence-corrected chi connectivity index (χ1v) is 28.9. The van der Waals surface area contributed by atoms with Gasteiger partial charge in [-0.1, -0.05) is 60.8 Å². The lowest BCUT2D eigenvalue weighted by atomic mass is 10.4. The van der Waals surface area contributed by atoms with Gasteiger partial charge in [-0.3, -0.25) is 29.4 Å². The minimum Gasteiger partial charge on any atom is -0.810 e. The third kappa shape index (κ3) is 36.8. The Labute approximate surface area is 320 Å². The fraction of sp³-hybridized carbons (Fsp3) is 1.00. The Kier molecular flexibility index (Phi) is 23.8. The number of rotatable bonds is 31. The summed E-state index contributed by atoms with van der Waals surface area (Å²) in [6.07, 6.45) is -11.6. The van der Waals surface area contributed by atoms with Gasteiger partial charge in [-0.15, -0.1) is 0 Å². The molecule has 0 spiro atoms. The molecule has 0 rings (SSSR count). The third-order valence-corrected chi connectivity index (χ3v) is 12.6. The molecule has 0 aliphatic heterocycles. The van der Waals surface area contributed by atoms with Crippen LogP contribution in [0.5, 0.6) is 0 Å². The van der Waals surface area contributed by atoms with Gasteiger partial charge in [-0.25, -0.2) is 0 Å². The molecule has 38 heteroatoms. The average molecular weight is 968 g/mol. The summed E-state index contributed by atoms with van der Waals surface area (Å²) >= 11 is 0. The van der Waals surface area contributed by atoms with Gasteiger partial charge in [-0.2, -0.15) is 0 Å². The van der Waals surface area contributed by atoms with Gasteiger partial charge in [-0.05, 0) is 0 Å². The molecule has 0 aromatic heterocycles. The lowest BCUT2D eigenvalue weighted by Crippen LogP contribution is -2.47. The van der Waals surface area contributed by atoms with Crippen LogP contribution in [0.1, 0.15) is 0 Å². The van der Waals surface area contributed by atoms with Gasteiger partial charge in [0.2, 0.25) is 0 Å². The first kappa shape index (κ1) is 57.0. The molecule has 0 aliphatic rings. The molecule has 0 radical (unpaired) electrons. The van der Waals surface area contributed by atoms with Gasteiger partial charge in [0.05, 0.1) is 0 Å². The molecular formula is C18H36N6O24P8-16. The van der Waals surface area contributed by atoms with Crippen LogP contribution in [0.2, 0.25) is 0 Å². The van der Waals surface area contributed by atoms with Crippen LogP contribution < -0.4 is 78.3 Å². The van der Waals surface area contributed by atoms with Gasteiger partial charge in [0.25, 0.3) is 0 Å². The van der Waals surface area contributed by atoms with E-state index in [4.69, 9.17) is 0 Å². The Hall–Kier alpha value is 0.960. The second kappa shape index (κ2) is 23.4. The van der Waals surface area contributed by atoms with E-state index in [1.54, 1.807) is 0 Å². The van der Waals surface area contributed by atoms with Crippen LogP contribution in [0.4, 0.5) is 0 Å². The standard InChI is InChI=1S/C18H52N6O24P8/c25-49(26,27)11-19(3-5-21(13-51(31,32)33)7-9-23(15-53(37,38)39)16-54(40,41)42)1-2-20(12-50(28,29)30)4-6-22(14-52(34,35)36)8-10-24(17-55(43,44)45)18-56(46,47)48/h1-18H2,(H2,25,26,27)(H2,28,29,30)(H2,31,32,33)(H2,34,35,36)(H2,37,38,39)(H2,40,41,42)(H2,43,44,45)(H2,46,47,48)/p-16. The Morgan fingerprint density at radius 2 is 0.286 bits per heavy atom. The monoisotopic (exact) mass is 968 g/mol. The van der Waals surface area contributed by atoms with Crippen LogP contribution in [0.25, 0.3) is 0 Å². The van der Waals surface area contributed by atoms with Crippen LogP contribution >= 0.6 is 60.8 Å². The van der Waals surface area contributed by atoms with Gasteiger partial charge >= 0.3 is 0 Å². The summed E-state index contributed by atoms with van der Waals surface area (Å²) in [6.45, 7) is -7.35. The molecule has 0 aromatic rings. The molecule has 30 nitrogen and oxygen atoms in total. The molecule has 0 saturated heterocycles. The topological polar surface area (TPSA) is 525 Å². The zero-order valence-corrected chi connectivity index (χ0v) is 35.9. The van der Waals surface area contributed by atoms with Gasteiger partial charge in [0.15, 0.2) is 0 Å². The third-order valence-electron chi connectivity index (χ3n) is 6.65. The molecular weight excluding hydrogens is 932 g/mol. The van der Waals surface area contributed by atoms with E-state index < -0.39 is 177 Å². The minimum atomic E-state index is -5.52. The van der Waals surface area contributed by atoms with E-state index in [1.807, 2.05) is 0 Å². The average Bonchev–Trinajstić information content (AvgIpc) is 2.87. The van der Waals surface area contributed by atoms with Crippen LogP contribution in [0, 0.1) is 0 Å². The second-order valence-corrected chi connectivity index (χ2v) is 24.3. The van der Waals surface area contributed by atoms with Crippen molar-refractivity contribution in [1.29, 1.82) is 0 Å². The fourth-order valence-electron chi connectivity index (χ4n) is 4.76. The molecule has 0 unspecified atom stereocenters. The van der Waals surface area contributed by atoms with Crippen molar-refractivity contribution in [2.24, 2.45) is 0 Å². The quantitative estimate of drug-likeness (QED) is 0.0582. The smallest absolute Gasteiger partial charge is 0.0264 e.